The number of aliphatic hydroxyl groups excluding tert-OH is 1. The molecule has 2 amide bonds. The van der Waals surface area contributed by atoms with Crippen LogP contribution in [0, 0.1) is 5.41 Å². The second-order valence-electron chi connectivity index (χ2n) is 9.43. The number of benzene rings is 1. The summed E-state index contributed by atoms with van der Waals surface area (Å²) < 4.78 is 17.3. The summed E-state index contributed by atoms with van der Waals surface area (Å²) in [5.41, 5.74) is 0.635. The average molecular weight is 433 g/mol. The van der Waals surface area contributed by atoms with Gasteiger partial charge in [0.15, 0.2) is 11.5 Å². The third kappa shape index (κ3) is 4.48. The molecule has 0 aromatic heterocycles. The number of rotatable bonds is 5. The fourth-order valence-corrected chi connectivity index (χ4v) is 5.21. The van der Waals surface area contributed by atoms with Crippen molar-refractivity contribution in [2.24, 2.45) is 5.41 Å². The Labute approximate surface area is 185 Å². The van der Waals surface area contributed by atoms with E-state index in [-0.39, 0.29) is 18.1 Å². The Kier molecular flexibility index (Phi) is 6.63. The summed E-state index contributed by atoms with van der Waals surface area (Å²) >= 11 is 0. The van der Waals surface area contributed by atoms with Gasteiger partial charge in [-0.05, 0) is 50.3 Å². The molecule has 2 heterocycles. The standard InChI is InChI=1S/C24H36N2O5/c1-17(27)24(2)16-26(23(28)25-10-12-30-13-11-25)15-20(24)18-8-9-21(29-3)22(14-18)31-19-6-4-5-7-19/h8-9,14,17,19-20,27H,4-7,10-13,15-16H2,1-3H3. The van der Waals surface area contributed by atoms with Gasteiger partial charge in [0.25, 0.3) is 0 Å². The zero-order valence-electron chi connectivity index (χ0n) is 19.0. The van der Waals surface area contributed by atoms with Crippen LogP contribution in [-0.4, -0.2) is 79.6 Å². The van der Waals surface area contributed by atoms with Crippen molar-refractivity contribution in [2.45, 2.75) is 57.7 Å². The van der Waals surface area contributed by atoms with Gasteiger partial charge >= 0.3 is 6.03 Å². The predicted octanol–water partition coefficient (Wildman–Crippen LogP) is 3.26. The topological polar surface area (TPSA) is 71.5 Å². The van der Waals surface area contributed by atoms with Crippen LogP contribution in [0.5, 0.6) is 11.5 Å². The summed E-state index contributed by atoms with van der Waals surface area (Å²) in [7, 11) is 1.66. The van der Waals surface area contributed by atoms with Gasteiger partial charge in [0.05, 0.1) is 32.5 Å². The van der Waals surface area contributed by atoms with Crippen LogP contribution in [0.25, 0.3) is 0 Å². The molecule has 3 unspecified atom stereocenters. The van der Waals surface area contributed by atoms with E-state index in [0.717, 1.165) is 29.9 Å². The highest BCUT2D eigenvalue weighted by Gasteiger charge is 2.49. The number of carbonyl (C=O) groups is 1. The molecule has 3 fully saturated rings. The lowest BCUT2D eigenvalue weighted by Gasteiger charge is -2.34. The van der Waals surface area contributed by atoms with E-state index in [9.17, 15) is 9.90 Å². The molecule has 3 atom stereocenters. The number of morpholine rings is 1. The first-order chi connectivity index (χ1) is 14.9. The van der Waals surface area contributed by atoms with Gasteiger partial charge < -0.3 is 29.1 Å². The Morgan fingerprint density at radius 3 is 2.55 bits per heavy atom. The number of methoxy groups -OCH3 is 1. The largest absolute Gasteiger partial charge is 0.493 e. The van der Waals surface area contributed by atoms with Gasteiger partial charge in [0.2, 0.25) is 0 Å². The molecule has 7 heteroatoms. The van der Waals surface area contributed by atoms with Crippen molar-refractivity contribution in [1.29, 1.82) is 0 Å². The average Bonchev–Trinajstić information content (AvgIpc) is 3.42. The van der Waals surface area contributed by atoms with Crippen LogP contribution in [0.2, 0.25) is 0 Å². The summed E-state index contributed by atoms with van der Waals surface area (Å²) in [6.07, 6.45) is 4.23. The summed E-state index contributed by atoms with van der Waals surface area (Å²) in [5, 5.41) is 10.7. The number of hydrogen-bond acceptors (Lipinski definition) is 5. The molecule has 3 aliphatic rings. The number of nitrogens with zero attached hydrogens (tertiary/aromatic N) is 2. The number of urea groups is 1. The first-order valence-electron chi connectivity index (χ1n) is 11.6. The number of aliphatic hydroxyl groups is 1. The normalized spacial score (nSPS) is 28.1. The minimum Gasteiger partial charge on any atom is -0.493 e. The first-order valence-corrected chi connectivity index (χ1v) is 11.6. The van der Waals surface area contributed by atoms with Gasteiger partial charge in [-0.15, -0.1) is 0 Å². The maximum Gasteiger partial charge on any atom is 0.320 e. The molecule has 0 bridgehead atoms. The van der Waals surface area contributed by atoms with Crippen molar-refractivity contribution in [3.63, 3.8) is 0 Å². The SMILES string of the molecule is COc1ccc(C2CN(C(=O)N3CCOCC3)CC2(C)C(C)O)cc1OC1CCCC1. The van der Waals surface area contributed by atoms with E-state index in [1.54, 1.807) is 7.11 Å². The predicted molar refractivity (Wildman–Crippen MR) is 118 cm³/mol. The second kappa shape index (κ2) is 9.25. The van der Waals surface area contributed by atoms with Crippen molar-refractivity contribution in [3.8, 4) is 11.5 Å². The molecule has 1 saturated carbocycles. The van der Waals surface area contributed by atoms with Gasteiger partial charge in [-0.2, -0.15) is 0 Å². The zero-order chi connectivity index (χ0) is 22.0. The van der Waals surface area contributed by atoms with Crippen LogP contribution in [0.3, 0.4) is 0 Å². The highest BCUT2D eigenvalue weighted by molar-refractivity contribution is 5.75. The van der Waals surface area contributed by atoms with Crippen LogP contribution in [0.1, 0.15) is 51.0 Å². The number of likely N-dealkylation sites (tertiary alicyclic amines) is 1. The van der Waals surface area contributed by atoms with Crippen LogP contribution < -0.4 is 9.47 Å². The van der Waals surface area contributed by atoms with Crippen molar-refractivity contribution in [1.82, 2.24) is 9.80 Å². The summed E-state index contributed by atoms with van der Waals surface area (Å²) in [5.74, 6) is 1.50. The summed E-state index contributed by atoms with van der Waals surface area (Å²) in [4.78, 5) is 16.9. The molecule has 4 rings (SSSR count). The summed E-state index contributed by atoms with van der Waals surface area (Å²) in [6.45, 7) is 7.41. The number of carbonyl (C=O) groups excluding carboxylic acids is 1. The third-order valence-corrected chi connectivity index (χ3v) is 7.42. The lowest BCUT2D eigenvalue weighted by molar-refractivity contribution is 0.0362. The first kappa shape index (κ1) is 22.2. The Bertz CT molecular complexity index is 773. The smallest absolute Gasteiger partial charge is 0.320 e. The Hall–Kier alpha value is -1.99. The maximum atomic E-state index is 13.2. The fourth-order valence-electron chi connectivity index (χ4n) is 5.21. The molecule has 1 N–H and O–H groups in total. The Morgan fingerprint density at radius 2 is 1.90 bits per heavy atom. The number of hydrogen-bond donors (Lipinski definition) is 1. The molecule has 2 saturated heterocycles. The van der Waals surface area contributed by atoms with Gasteiger partial charge in [-0.25, -0.2) is 4.79 Å². The molecule has 0 radical (unpaired) electrons. The van der Waals surface area contributed by atoms with E-state index >= 15 is 0 Å². The molecular formula is C24H36N2O5. The van der Waals surface area contributed by atoms with Crippen LogP contribution in [-0.2, 0) is 4.74 Å². The van der Waals surface area contributed by atoms with Crippen LogP contribution in [0.4, 0.5) is 4.79 Å². The lowest BCUT2D eigenvalue weighted by atomic mass is 9.72. The van der Waals surface area contributed by atoms with Gasteiger partial charge in [-0.3, -0.25) is 0 Å². The minimum absolute atomic E-state index is 0.00863. The summed E-state index contributed by atoms with van der Waals surface area (Å²) in [6, 6.07) is 6.10. The van der Waals surface area contributed by atoms with Crippen molar-refractivity contribution in [3.05, 3.63) is 23.8 Å². The van der Waals surface area contributed by atoms with E-state index in [2.05, 4.69) is 13.0 Å². The molecular weight excluding hydrogens is 396 g/mol. The molecule has 1 aliphatic carbocycles. The van der Waals surface area contributed by atoms with E-state index < -0.39 is 11.5 Å². The Balaban J connectivity index is 1.59. The quantitative estimate of drug-likeness (QED) is 0.773. The van der Waals surface area contributed by atoms with Crippen molar-refractivity contribution in [2.75, 3.05) is 46.5 Å². The second-order valence-corrected chi connectivity index (χ2v) is 9.43. The van der Waals surface area contributed by atoms with Gasteiger partial charge in [0, 0.05) is 37.5 Å². The number of amides is 2. The van der Waals surface area contributed by atoms with E-state index in [0.29, 0.717) is 39.4 Å². The third-order valence-electron chi connectivity index (χ3n) is 7.42. The minimum atomic E-state index is -0.554. The molecule has 0 spiro atoms. The molecule has 31 heavy (non-hydrogen) atoms. The van der Waals surface area contributed by atoms with E-state index in [1.165, 1.54) is 12.8 Å². The molecule has 2 aliphatic heterocycles. The van der Waals surface area contributed by atoms with Crippen LogP contribution in [0.15, 0.2) is 18.2 Å². The van der Waals surface area contributed by atoms with Gasteiger partial charge in [-0.1, -0.05) is 13.0 Å². The lowest BCUT2D eigenvalue weighted by Crippen LogP contribution is -2.48. The molecule has 7 nitrogen and oxygen atoms in total. The van der Waals surface area contributed by atoms with E-state index in [1.807, 2.05) is 28.9 Å². The van der Waals surface area contributed by atoms with Crippen molar-refractivity contribution < 1.29 is 24.1 Å². The van der Waals surface area contributed by atoms with Crippen LogP contribution >= 0.6 is 0 Å². The molecule has 1 aromatic carbocycles. The number of ether oxygens (including phenoxy) is 3. The zero-order valence-corrected chi connectivity index (χ0v) is 19.0. The maximum absolute atomic E-state index is 13.2. The van der Waals surface area contributed by atoms with Crippen molar-refractivity contribution >= 4 is 6.03 Å². The van der Waals surface area contributed by atoms with E-state index in [4.69, 9.17) is 14.2 Å². The molecule has 172 valence electrons. The highest BCUT2D eigenvalue weighted by atomic mass is 16.5. The Morgan fingerprint density at radius 1 is 1.19 bits per heavy atom. The highest BCUT2D eigenvalue weighted by Crippen LogP contribution is 2.47. The monoisotopic (exact) mass is 432 g/mol. The fraction of sp³-hybridized carbons (Fsp3) is 0.708. The van der Waals surface area contributed by atoms with Gasteiger partial charge in [0.1, 0.15) is 0 Å². The molecule has 1 aromatic rings.